The fourth-order valence-corrected chi connectivity index (χ4v) is 5.39. The first kappa shape index (κ1) is 29.3. The Morgan fingerprint density at radius 2 is 1.60 bits per heavy atom. The van der Waals surface area contributed by atoms with Crippen molar-refractivity contribution in [3.05, 3.63) is 88.1 Å². The Bertz CT molecular complexity index is 1550. The minimum atomic E-state index is -0.393. The van der Waals surface area contributed by atoms with Gasteiger partial charge in [-0.25, -0.2) is 0 Å². The molecular weight excluding hydrogens is 554 g/mol. The average Bonchev–Trinajstić information content (AvgIpc) is 3.54. The summed E-state index contributed by atoms with van der Waals surface area (Å²) in [5.74, 6) is 3.02. The number of hydrogen-bond acceptors (Lipinski definition) is 6. The van der Waals surface area contributed by atoms with Crippen molar-refractivity contribution in [2.45, 2.75) is 32.7 Å². The van der Waals surface area contributed by atoms with Crippen molar-refractivity contribution in [1.82, 2.24) is 15.1 Å². The minimum absolute atomic E-state index is 0.112. The zero-order chi connectivity index (χ0) is 29.8. The first-order valence-electron chi connectivity index (χ1n) is 14.0. The van der Waals surface area contributed by atoms with Crippen molar-refractivity contribution in [2.75, 3.05) is 34.5 Å². The third-order valence-electron chi connectivity index (χ3n) is 7.53. The fraction of sp³-hybridized carbons (Fsp3) is 0.333. The molecule has 0 aliphatic carbocycles. The molecule has 3 aromatic carbocycles. The van der Waals surface area contributed by atoms with E-state index in [4.69, 9.17) is 30.5 Å². The van der Waals surface area contributed by atoms with Gasteiger partial charge in [0.1, 0.15) is 5.69 Å². The van der Waals surface area contributed by atoms with Gasteiger partial charge in [-0.2, -0.15) is 5.10 Å². The van der Waals surface area contributed by atoms with Crippen LogP contribution in [0.2, 0.25) is 5.02 Å². The molecule has 0 bridgehead atoms. The van der Waals surface area contributed by atoms with Crippen molar-refractivity contribution in [1.29, 1.82) is 0 Å². The maximum absolute atomic E-state index is 13.9. The van der Waals surface area contributed by atoms with Crippen LogP contribution in [-0.4, -0.2) is 55.5 Å². The van der Waals surface area contributed by atoms with Crippen LogP contribution in [0, 0.1) is 5.92 Å². The van der Waals surface area contributed by atoms with Gasteiger partial charge in [-0.15, -0.1) is 0 Å². The fourth-order valence-electron chi connectivity index (χ4n) is 5.27. The highest BCUT2D eigenvalue weighted by Crippen LogP contribution is 2.45. The molecule has 0 spiro atoms. The van der Waals surface area contributed by atoms with E-state index < -0.39 is 6.04 Å². The van der Waals surface area contributed by atoms with E-state index in [0.717, 1.165) is 28.7 Å². The van der Waals surface area contributed by atoms with Gasteiger partial charge in [0.25, 0.3) is 5.91 Å². The Labute approximate surface area is 251 Å². The van der Waals surface area contributed by atoms with E-state index in [1.807, 2.05) is 65.6 Å². The maximum atomic E-state index is 13.9. The quantitative estimate of drug-likeness (QED) is 0.192. The molecule has 8 nitrogen and oxygen atoms in total. The highest BCUT2D eigenvalue weighted by atomic mass is 35.5. The summed E-state index contributed by atoms with van der Waals surface area (Å²) in [6.45, 7) is 5.40. The van der Waals surface area contributed by atoms with E-state index in [0.29, 0.717) is 64.9 Å². The molecule has 1 aromatic heterocycles. The number of rotatable bonds is 12. The Balaban J connectivity index is 1.52. The summed E-state index contributed by atoms with van der Waals surface area (Å²) in [6.07, 6.45) is 1.55. The van der Waals surface area contributed by atoms with Gasteiger partial charge in [-0.05, 0) is 66.3 Å². The van der Waals surface area contributed by atoms with Gasteiger partial charge in [0.2, 0.25) is 0 Å². The lowest BCUT2D eigenvalue weighted by atomic mass is 9.95. The minimum Gasteiger partial charge on any atom is -0.493 e. The second kappa shape index (κ2) is 12.8. The van der Waals surface area contributed by atoms with Gasteiger partial charge in [-0.1, -0.05) is 49.7 Å². The summed E-state index contributed by atoms with van der Waals surface area (Å²) < 4.78 is 22.7. The molecule has 9 heteroatoms. The van der Waals surface area contributed by atoms with Crippen LogP contribution in [-0.2, 0) is 6.42 Å². The summed E-state index contributed by atoms with van der Waals surface area (Å²) >= 11 is 6.17. The van der Waals surface area contributed by atoms with Crippen LogP contribution in [0.15, 0.2) is 60.7 Å². The lowest BCUT2D eigenvalue weighted by Crippen LogP contribution is -2.31. The topological polar surface area (TPSA) is 85.9 Å². The maximum Gasteiger partial charge on any atom is 0.273 e. The van der Waals surface area contributed by atoms with Crippen LogP contribution in [0.3, 0.4) is 0 Å². The molecule has 0 radical (unpaired) electrons. The van der Waals surface area contributed by atoms with Gasteiger partial charge in [0, 0.05) is 22.7 Å². The number of ether oxygens (including phenoxy) is 4. The van der Waals surface area contributed by atoms with Crippen LogP contribution >= 0.6 is 11.6 Å². The molecule has 0 saturated carbocycles. The Hall–Kier alpha value is -4.17. The standard InChI is InChI=1S/C33H36ClN3O5/c1-20(2)15-17-42-26-13-9-23(19-28(26)41-5)32-29-30(22-7-10-24(34)11-8-22)35-36-31(29)33(38)37(32)16-14-21-6-12-25(39-3)27(18-21)40-4/h6-13,18-20,32H,14-17H2,1-5H3,(H,35,36). The number of nitrogens with zero attached hydrogens (tertiary/aromatic N) is 2. The monoisotopic (exact) mass is 589 g/mol. The third kappa shape index (κ3) is 5.90. The number of nitrogens with one attached hydrogen (secondary N) is 1. The molecule has 42 heavy (non-hydrogen) atoms. The SMILES string of the molecule is COc1ccc(CCN2C(=O)c3[nH]nc(-c4ccc(Cl)cc4)c3C2c2ccc(OCCC(C)C)c(OC)c2)cc1OC. The molecule has 1 N–H and O–H groups in total. The number of halogens is 1. The number of aromatic nitrogens is 2. The van der Waals surface area contributed by atoms with E-state index in [2.05, 4.69) is 24.0 Å². The number of fused-ring (bicyclic) bond motifs is 1. The van der Waals surface area contributed by atoms with Crippen molar-refractivity contribution in [3.63, 3.8) is 0 Å². The molecule has 4 aromatic rings. The predicted octanol–water partition coefficient (Wildman–Crippen LogP) is 6.97. The number of carbonyl (C=O) groups is 1. The Kier molecular flexibility index (Phi) is 8.92. The number of amides is 1. The summed E-state index contributed by atoms with van der Waals surface area (Å²) in [5.41, 5.74) is 4.82. The molecule has 1 unspecified atom stereocenters. The van der Waals surface area contributed by atoms with E-state index in [-0.39, 0.29) is 5.91 Å². The summed E-state index contributed by atoms with van der Waals surface area (Å²) in [5, 5.41) is 8.23. The smallest absolute Gasteiger partial charge is 0.273 e. The lowest BCUT2D eigenvalue weighted by Gasteiger charge is -2.27. The highest BCUT2D eigenvalue weighted by molar-refractivity contribution is 6.30. The normalized spacial score (nSPS) is 14.3. The zero-order valence-electron chi connectivity index (χ0n) is 24.6. The van der Waals surface area contributed by atoms with Crippen LogP contribution in [0.4, 0.5) is 0 Å². The second-order valence-corrected chi connectivity index (χ2v) is 11.1. The summed E-state index contributed by atoms with van der Waals surface area (Å²) in [6, 6.07) is 18.8. The molecule has 2 heterocycles. The van der Waals surface area contributed by atoms with Gasteiger partial charge in [0.15, 0.2) is 23.0 Å². The van der Waals surface area contributed by atoms with Crippen molar-refractivity contribution >= 4 is 17.5 Å². The number of benzene rings is 3. The zero-order valence-corrected chi connectivity index (χ0v) is 25.3. The molecule has 220 valence electrons. The van der Waals surface area contributed by atoms with Gasteiger partial charge >= 0.3 is 0 Å². The molecular formula is C33H36ClN3O5. The third-order valence-corrected chi connectivity index (χ3v) is 7.78. The molecule has 1 aliphatic rings. The molecule has 0 fully saturated rings. The Morgan fingerprint density at radius 3 is 2.29 bits per heavy atom. The van der Waals surface area contributed by atoms with Crippen molar-refractivity contribution in [2.24, 2.45) is 5.92 Å². The first-order valence-corrected chi connectivity index (χ1v) is 14.4. The average molecular weight is 590 g/mol. The van der Waals surface area contributed by atoms with Crippen LogP contribution in [0.1, 0.15) is 53.5 Å². The number of hydrogen-bond donors (Lipinski definition) is 1. The summed E-state index contributed by atoms with van der Waals surface area (Å²) in [4.78, 5) is 15.8. The van der Waals surface area contributed by atoms with Crippen LogP contribution in [0.25, 0.3) is 11.3 Å². The number of methoxy groups -OCH3 is 3. The van der Waals surface area contributed by atoms with E-state index >= 15 is 0 Å². The molecule has 1 atom stereocenters. The first-order chi connectivity index (χ1) is 20.3. The van der Waals surface area contributed by atoms with E-state index in [9.17, 15) is 4.79 Å². The van der Waals surface area contributed by atoms with E-state index in [1.54, 1.807) is 21.3 Å². The predicted molar refractivity (Wildman–Crippen MR) is 163 cm³/mol. The van der Waals surface area contributed by atoms with Gasteiger partial charge in [-0.3, -0.25) is 9.89 Å². The van der Waals surface area contributed by atoms with Crippen LogP contribution < -0.4 is 18.9 Å². The number of carbonyl (C=O) groups excluding carboxylic acids is 1. The largest absolute Gasteiger partial charge is 0.493 e. The molecule has 5 rings (SSSR count). The molecule has 0 saturated heterocycles. The highest BCUT2D eigenvalue weighted by Gasteiger charge is 2.42. The Morgan fingerprint density at radius 1 is 0.905 bits per heavy atom. The second-order valence-electron chi connectivity index (χ2n) is 10.6. The van der Waals surface area contributed by atoms with Gasteiger partial charge < -0.3 is 23.8 Å². The lowest BCUT2D eigenvalue weighted by molar-refractivity contribution is 0.0745. The summed E-state index contributed by atoms with van der Waals surface area (Å²) in [7, 11) is 4.86. The molecule has 1 amide bonds. The number of aromatic amines is 1. The molecule has 1 aliphatic heterocycles. The van der Waals surface area contributed by atoms with Gasteiger partial charge in [0.05, 0.1) is 39.7 Å². The van der Waals surface area contributed by atoms with Crippen molar-refractivity contribution in [3.8, 4) is 34.3 Å². The van der Waals surface area contributed by atoms with E-state index in [1.165, 1.54) is 0 Å². The van der Waals surface area contributed by atoms with Crippen LogP contribution in [0.5, 0.6) is 23.0 Å². The van der Waals surface area contributed by atoms with Crippen molar-refractivity contribution < 1.29 is 23.7 Å². The number of H-pyrrole nitrogens is 1.